The Morgan fingerprint density at radius 1 is 0.868 bits per heavy atom. The average molecular weight is 525 g/mol. The summed E-state index contributed by atoms with van der Waals surface area (Å²) in [6, 6.07) is 17.6. The summed E-state index contributed by atoms with van der Waals surface area (Å²) in [5.74, 6) is -1.61. The van der Waals surface area contributed by atoms with Crippen molar-refractivity contribution in [2.75, 3.05) is 46.9 Å². The van der Waals surface area contributed by atoms with Crippen LogP contribution in [0, 0.1) is 11.6 Å². The molecule has 0 aliphatic carbocycles. The van der Waals surface area contributed by atoms with Crippen molar-refractivity contribution in [1.82, 2.24) is 9.80 Å². The SMILES string of the molecule is COC(=O)c1ccc(COC(CN2CCN(C(=O)c3cc(F)cc(F)c3)CC2)c2cccc(OC)c2)cc1. The number of hydrogen-bond donors (Lipinski definition) is 0. The van der Waals surface area contributed by atoms with Crippen LogP contribution in [0.3, 0.4) is 0 Å². The Hall–Kier alpha value is -3.82. The topological polar surface area (TPSA) is 68.3 Å². The van der Waals surface area contributed by atoms with E-state index in [-0.39, 0.29) is 17.6 Å². The van der Waals surface area contributed by atoms with E-state index in [4.69, 9.17) is 14.2 Å². The normalized spacial score (nSPS) is 14.7. The molecule has 1 atom stereocenters. The van der Waals surface area contributed by atoms with E-state index in [1.54, 1.807) is 24.1 Å². The Labute approximate surface area is 220 Å². The molecule has 0 radical (unpaired) electrons. The summed E-state index contributed by atoms with van der Waals surface area (Å²) in [6.07, 6.45) is -0.287. The molecule has 200 valence electrons. The summed E-state index contributed by atoms with van der Waals surface area (Å²) < 4.78 is 43.6. The fourth-order valence-corrected chi connectivity index (χ4v) is 4.38. The molecule has 38 heavy (non-hydrogen) atoms. The van der Waals surface area contributed by atoms with Crippen LogP contribution < -0.4 is 4.74 Å². The lowest BCUT2D eigenvalue weighted by Gasteiger charge is -2.36. The second-order valence-electron chi connectivity index (χ2n) is 9.02. The van der Waals surface area contributed by atoms with E-state index in [0.717, 1.165) is 35.1 Å². The van der Waals surface area contributed by atoms with Crippen LogP contribution in [0.2, 0.25) is 0 Å². The van der Waals surface area contributed by atoms with Gasteiger partial charge in [0.2, 0.25) is 0 Å². The molecule has 0 spiro atoms. The Bertz CT molecular complexity index is 1240. The zero-order valence-corrected chi connectivity index (χ0v) is 21.4. The minimum Gasteiger partial charge on any atom is -0.497 e. The fourth-order valence-electron chi connectivity index (χ4n) is 4.38. The molecule has 1 saturated heterocycles. The molecule has 0 saturated carbocycles. The van der Waals surface area contributed by atoms with E-state index in [1.165, 1.54) is 7.11 Å². The van der Waals surface area contributed by atoms with E-state index in [9.17, 15) is 18.4 Å². The number of halogens is 2. The molecule has 3 aromatic rings. The summed E-state index contributed by atoms with van der Waals surface area (Å²) in [7, 11) is 2.95. The zero-order chi connectivity index (χ0) is 27.1. The molecule has 1 aliphatic rings. The second-order valence-corrected chi connectivity index (χ2v) is 9.02. The highest BCUT2D eigenvalue weighted by Gasteiger charge is 2.25. The molecular weight excluding hydrogens is 494 g/mol. The summed E-state index contributed by atoms with van der Waals surface area (Å²) in [5, 5.41) is 0. The van der Waals surface area contributed by atoms with Gasteiger partial charge >= 0.3 is 5.97 Å². The lowest BCUT2D eigenvalue weighted by molar-refractivity contribution is 0.00330. The molecule has 1 amide bonds. The Balaban J connectivity index is 1.41. The number of hydrogen-bond acceptors (Lipinski definition) is 6. The van der Waals surface area contributed by atoms with Crippen LogP contribution in [0.4, 0.5) is 8.78 Å². The van der Waals surface area contributed by atoms with E-state index in [1.807, 2.05) is 36.4 Å². The molecule has 0 bridgehead atoms. The van der Waals surface area contributed by atoms with Crippen LogP contribution >= 0.6 is 0 Å². The van der Waals surface area contributed by atoms with Gasteiger partial charge in [-0.2, -0.15) is 0 Å². The van der Waals surface area contributed by atoms with Gasteiger partial charge in [0.05, 0.1) is 32.5 Å². The predicted molar refractivity (Wildman–Crippen MR) is 137 cm³/mol. The van der Waals surface area contributed by atoms with Crippen molar-refractivity contribution in [2.45, 2.75) is 12.7 Å². The number of ether oxygens (including phenoxy) is 3. The molecule has 0 aromatic heterocycles. The van der Waals surface area contributed by atoms with Gasteiger partial charge in [0.25, 0.3) is 5.91 Å². The maximum absolute atomic E-state index is 13.6. The van der Waals surface area contributed by atoms with E-state index in [2.05, 4.69) is 4.90 Å². The van der Waals surface area contributed by atoms with Crippen LogP contribution in [0.15, 0.2) is 66.7 Å². The summed E-state index contributed by atoms with van der Waals surface area (Å²) in [4.78, 5) is 28.3. The van der Waals surface area contributed by atoms with Gasteiger partial charge in [-0.3, -0.25) is 9.69 Å². The van der Waals surface area contributed by atoms with Crippen molar-refractivity contribution in [3.63, 3.8) is 0 Å². The number of methoxy groups -OCH3 is 2. The number of carbonyl (C=O) groups excluding carboxylic acids is 2. The molecule has 1 unspecified atom stereocenters. The zero-order valence-electron chi connectivity index (χ0n) is 21.4. The minimum atomic E-state index is -0.773. The van der Waals surface area contributed by atoms with E-state index >= 15 is 0 Å². The molecule has 9 heteroatoms. The standard InChI is InChI=1S/C29H30F2N2O5/c1-36-26-5-3-4-22(16-26)27(38-19-20-6-8-21(9-7-20)29(35)37-2)18-32-10-12-33(13-11-32)28(34)23-14-24(30)17-25(31)15-23/h3-9,14-17,27H,10-13,18-19H2,1-2H3. The van der Waals surface area contributed by atoms with Gasteiger partial charge in [0.15, 0.2) is 0 Å². The quantitative estimate of drug-likeness (QED) is 0.385. The molecule has 4 rings (SSSR count). The molecule has 1 aliphatic heterocycles. The minimum absolute atomic E-state index is 0.00626. The highest BCUT2D eigenvalue weighted by molar-refractivity contribution is 5.94. The molecule has 3 aromatic carbocycles. The van der Waals surface area contributed by atoms with Crippen LogP contribution in [0.5, 0.6) is 5.75 Å². The van der Waals surface area contributed by atoms with Crippen molar-refractivity contribution in [3.05, 3.63) is 101 Å². The van der Waals surface area contributed by atoms with Gasteiger partial charge < -0.3 is 19.1 Å². The van der Waals surface area contributed by atoms with Crippen LogP contribution in [0.1, 0.15) is 37.9 Å². The molecule has 1 heterocycles. The highest BCUT2D eigenvalue weighted by atomic mass is 19.1. The molecule has 7 nitrogen and oxygen atoms in total. The van der Waals surface area contributed by atoms with Gasteiger partial charge in [0.1, 0.15) is 17.4 Å². The first-order chi connectivity index (χ1) is 18.4. The Kier molecular flexibility index (Phi) is 9.04. The average Bonchev–Trinajstić information content (AvgIpc) is 2.94. The monoisotopic (exact) mass is 524 g/mol. The number of esters is 1. The lowest BCUT2D eigenvalue weighted by Crippen LogP contribution is -2.49. The Morgan fingerprint density at radius 3 is 2.18 bits per heavy atom. The number of rotatable bonds is 9. The van der Waals surface area contributed by atoms with Gasteiger partial charge in [-0.15, -0.1) is 0 Å². The van der Waals surface area contributed by atoms with Crippen molar-refractivity contribution in [2.24, 2.45) is 0 Å². The van der Waals surface area contributed by atoms with Crippen molar-refractivity contribution in [1.29, 1.82) is 0 Å². The summed E-state index contributed by atoms with van der Waals surface area (Å²) >= 11 is 0. The number of benzene rings is 3. The first kappa shape index (κ1) is 27.2. The van der Waals surface area contributed by atoms with Crippen LogP contribution in [0.25, 0.3) is 0 Å². The number of amides is 1. The van der Waals surface area contributed by atoms with Crippen LogP contribution in [-0.2, 0) is 16.1 Å². The first-order valence-electron chi connectivity index (χ1n) is 12.3. The molecule has 0 N–H and O–H groups in total. The third kappa shape index (κ3) is 6.93. The van der Waals surface area contributed by atoms with Gasteiger partial charge in [0, 0.05) is 44.4 Å². The maximum atomic E-state index is 13.6. The fraction of sp³-hybridized carbons (Fsp3) is 0.310. The van der Waals surface area contributed by atoms with Crippen molar-refractivity contribution in [3.8, 4) is 5.75 Å². The maximum Gasteiger partial charge on any atom is 0.337 e. The molecular formula is C29H30F2N2O5. The first-order valence-corrected chi connectivity index (χ1v) is 12.3. The smallest absolute Gasteiger partial charge is 0.337 e. The summed E-state index contributed by atoms with van der Waals surface area (Å²) in [5.41, 5.74) is 2.33. The van der Waals surface area contributed by atoms with E-state index < -0.39 is 17.6 Å². The van der Waals surface area contributed by atoms with E-state index in [0.29, 0.717) is 44.9 Å². The van der Waals surface area contributed by atoms with Crippen molar-refractivity contribution >= 4 is 11.9 Å². The van der Waals surface area contributed by atoms with Gasteiger partial charge in [-0.05, 0) is 47.5 Å². The largest absolute Gasteiger partial charge is 0.497 e. The third-order valence-corrected chi connectivity index (χ3v) is 6.48. The Morgan fingerprint density at radius 2 is 1.55 bits per heavy atom. The second kappa shape index (κ2) is 12.6. The van der Waals surface area contributed by atoms with Crippen molar-refractivity contribution < 1.29 is 32.6 Å². The molecule has 1 fully saturated rings. The highest BCUT2D eigenvalue weighted by Crippen LogP contribution is 2.25. The number of nitrogens with zero attached hydrogens (tertiary/aromatic N) is 2. The third-order valence-electron chi connectivity index (χ3n) is 6.48. The van der Waals surface area contributed by atoms with Gasteiger partial charge in [-0.1, -0.05) is 24.3 Å². The van der Waals surface area contributed by atoms with Gasteiger partial charge in [-0.25, -0.2) is 13.6 Å². The predicted octanol–water partition coefficient (Wildman–Crippen LogP) is 4.48. The lowest BCUT2D eigenvalue weighted by atomic mass is 10.1. The summed E-state index contributed by atoms with van der Waals surface area (Å²) in [6.45, 7) is 2.92. The van der Waals surface area contributed by atoms with Crippen LogP contribution in [-0.4, -0.2) is 68.6 Å². The number of piperazine rings is 1. The number of carbonyl (C=O) groups is 2.